The van der Waals surface area contributed by atoms with E-state index in [1.54, 1.807) is 18.2 Å². The van der Waals surface area contributed by atoms with Crippen LogP contribution in [0, 0.1) is 6.92 Å². The van der Waals surface area contributed by atoms with Gasteiger partial charge in [0, 0.05) is 11.4 Å². The fourth-order valence-corrected chi connectivity index (χ4v) is 2.90. The molecule has 0 bridgehead atoms. The van der Waals surface area contributed by atoms with Crippen molar-refractivity contribution in [1.29, 1.82) is 0 Å². The zero-order chi connectivity index (χ0) is 22.3. The highest BCUT2D eigenvalue weighted by Gasteiger charge is 2.34. The van der Waals surface area contributed by atoms with E-state index < -0.39 is 35.9 Å². The van der Waals surface area contributed by atoms with Gasteiger partial charge in [-0.05, 0) is 49.2 Å². The summed E-state index contributed by atoms with van der Waals surface area (Å²) in [6.45, 7) is 1.33. The van der Waals surface area contributed by atoms with Crippen LogP contribution in [-0.4, -0.2) is 25.1 Å². The maximum Gasteiger partial charge on any atom is 0.418 e. The van der Waals surface area contributed by atoms with Crippen LogP contribution in [0.3, 0.4) is 0 Å². The van der Waals surface area contributed by atoms with Gasteiger partial charge in [0.05, 0.1) is 22.9 Å². The number of rotatable bonds is 8. The highest BCUT2D eigenvalue weighted by Crippen LogP contribution is 2.38. The number of carbonyl (C=O) groups is 2. The largest absolute Gasteiger partial charge is 0.493 e. The Hall–Kier alpha value is -2.45. The molecule has 0 unspecified atom stereocenters. The standard InChI is InChI=1S/C20H18Cl2F3NO4/c1-12-10-13(21)7-8-16(12)29-9-3-6-18(28)30-11-17(27)26-19-14(20(23,24)25)4-2-5-15(19)22/h2,4-5,7-8,10H,3,6,9,11H2,1H3,(H,26,27). The van der Waals surface area contributed by atoms with Crippen molar-refractivity contribution in [3.8, 4) is 5.75 Å². The number of aryl methyl sites for hydroxylation is 1. The van der Waals surface area contributed by atoms with Gasteiger partial charge in [-0.3, -0.25) is 9.59 Å². The Morgan fingerprint density at radius 3 is 2.53 bits per heavy atom. The van der Waals surface area contributed by atoms with Gasteiger partial charge < -0.3 is 14.8 Å². The Kier molecular flexibility index (Phi) is 8.37. The number of anilines is 1. The molecule has 0 saturated heterocycles. The number of alkyl halides is 3. The van der Waals surface area contributed by atoms with Gasteiger partial charge in [0.15, 0.2) is 6.61 Å². The van der Waals surface area contributed by atoms with E-state index in [1.165, 1.54) is 6.07 Å². The molecule has 0 aliphatic heterocycles. The van der Waals surface area contributed by atoms with E-state index in [4.69, 9.17) is 32.7 Å². The molecule has 0 radical (unpaired) electrons. The van der Waals surface area contributed by atoms with Crippen molar-refractivity contribution in [2.45, 2.75) is 25.9 Å². The number of halogens is 5. The van der Waals surface area contributed by atoms with Crippen molar-refractivity contribution >= 4 is 40.8 Å². The van der Waals surface area contributed by atoms with Gasteiger partial charge in [-0.15, -0.1) is 0 Å². The maximum atomic E-state index is 13.0. The summed E-state index contributed by atoms with van der Waals surface area (Å²) in [5.74, 6) is -0.987. The first-order valence-electron chi connectivity index (χ1n) is 8.78. The predicted molar refractivity (Wildman–Crippen MR) is 107 cm³/mol. The molecule has 2 rings (SSSR count). The summed E-state index contributed by atoms with van der Waals surface area (Å²) in [4.78, 5) is 23.6. The number of para-hydroxylation sites is 1. The van der Waals surface area contributed by atoms with Crippen molar-refractivity contribution in [3.63, 3.8) is 0 Å². The van der Waals surface area contributed by atoms with Crippen LogP contribution in [0.5, 0.6) is 5.75 Å². The number of benzene rings is 2. The Labute approximate surface area is 181 Å². The maximum absolute atomic E-state index is 13.0. The fraction of sp³-hybridized carbons (Fsp3) is 0.300. The first kappa shape index (κ1) is 23.8. The second-order valence-electron chi connectivity index (χ2n) is 6.23. The smallest absolute Gasteiger partial charge is 0.418 e. The second kappa shape index (κ2) is 10.5. The molecule has 2 aromatic rings. The summed E-state index contributed by atoms with van der Waals surface area (Å²) in [5, 5.41) is 2.34. The predicted octanol–water partition coefficient (Wildman–Crippen LogP) is 5.66. The number of amides is 1. The Morgan fingerprint density at radius 2 is 1.87 bits per heavy atom. The van der Waals surface area contributed by atoms with Crippen molar-refractivity contribution in [2.24, 2.45) is 0 Å². The lowest BCUT2D eigenvalue weighted by Gasteiger charge is -2.15. The summed E-state index contributed by atoms with van der Waals surface area (Å²) >= 11 is 11.6. The number of hydrogen-bond donors (Lipinski definition) is 1. The molecule has 5 nitrogen and oxygen atoms in total. The molecule has 0 atom stereocenters. The number of nitrogens with one attached hydrogen (secondary N) is 1. The monoisotopic (exact) mass is 463 g/mol. The molecule has 10 heteroatoms. The minimum atomic E-state index is -4.70. The van der Waals surface area contributed by atoms with Gasteiger partial charge >= 0.3 is 12.1 Å². The van der Waals surface area contributed by atoms with Crippen LogP contribution < -0.4 is 10.1 Å². The van der Waals surface area contributed by atoms with Crippen molar-refractivity contribution in [1.82, 2.24) is 0 Å². The third-order valence-electron chi connectivity index (χ3n) is 3.87. The molecular formula is C20H18Cl2F3NO4. The molecule has 0 heterocycles. The van der Waals surface area contributed by atoms with Gasteiger partial charge in [-0.2, -0.15) is 13.2 Å². The zero-order valence-corrected chi connectivity index (χ0v) is 17.3. The second-order valence-corrected chi connectivity index (χ2v) is 7.07. The van der Waals surface area contributed by atoms with Gasteiger partial charge in [-0.25, -0.2) is 0 Å². The van der Waals surface area contributed by atoms with Crippen LogP contribution in [0.15, 0.2) is 36.4 Å². The van der Waals surface area contributed by atoms with Gasteiger partial charge in [0.1, 0.15) is 5.75 Å². The molecule has 0 fully saturated rings. The summed E-state index contributed by atoms with van der Waals surface area (Å²) in [7, 11) is 0. The topological polar surface area (TPSA) is 64.6 Å². The van der Waals surface area contributed by atoms with Crippen molar-refractivity contribution < 1.29 is 32.2 Å². The minimum absolute atomic E-state index is 0.0280. The minimum Gasteiger partial charge on any atom is -0.493 e. The fourth-order valence-electron chi connectivity index (χ4n) is 2.45. The molecule has 0 aromatic heterocycles. The molecule has 1 amide bonds. The lowest BCUT2D eigenvalue weighted by molar-refractivity contribution is -0.147. The number of esters is 1. The molecule has 2 aromatic carbocycles. The highest BCUT2D eigenvalue weighted by atomic mass is 35.5. The van der Waals surface area contributed by atoms with Crippen molar-refractivity contribution in [3.05, 3.63) is 57.6 Å². The van der Waals surface area contributed by atoms with Gasteiger partial charge in [0.2, 0.25) is 0 Å². The Bertz CT molecular complexity index is 919. The molecule has 1 N–H and O–H groups in total. The van der Waals surface area contributed by atoms with E-state index in [-0.39, 0.29) is 18.1 Å². The first-order valence-corrected chi connectivity index (χ1v) is 9.53. The quantitative estimate of drug-likeness (QED) is 0.405. The molecule has 162 valence electrons. The lowest BCUT2D eigenvalue weighted by atomic mass is 10.1. The number of hydrogen-bond acceptors (Lipinski definition) is 4. The summed E-state index contributed by atoms with van der Waals surface area (Å²) in [5.41, 5.74) is -0.830. The number of carbonyl (C=O) groups excluding carboxylic acids is 2. The normalized spacial score (nSPS) is 11.1. The summed E-state index contributed by atoms with van der Waals surface area (Å²) in [6.07, 6.45) is -4.41. The Balaban J connectivity index is 1.77. The van der Waals surface area contributed by atoms with Gasteiger partial charge in [0.25, 0.3) is 5.91 Å². The molecule has 0 aliphatic rings. The Morgan fingerprint density at radius 1 is 1.13 bits per heavy atom. The first-order chi connectivity index (χ1) is 14.1. The van der Waals surface area contributed by atoms with E-state index in [2.05, 4.69) is 0 Å². The van der Waals surface area contributed by atoms with Crippen LogP contribution in [0.1, 0.15) is 24.0 Å². The SMILES string of the molecule is Cc1cc(Cl)ccc1OCCCC(=O)OCC(=O)Nc1c(Cl)cccc1C(F)(F)F. The van der Waals surface area contributed by atoms with Crippen molar-refractivity contribution in [2.75, 3.05) is 18.5 Å². The average molecular weight is 464 g/mol. The van der Waals surface area contributed by atoms with Crippen LogP contribution in [-0.2, 0) is 20.5 Å². The number of ether oxygens (including phenoxy) is 2. The molecule has 30 heavy (non-hydrogen) atoms. The van der Waals surface area contributed by atoms with E-state index in [0.29, 0.717) is 17.2 Å². The third-order valence-corrected chi connectivity index (χ3v) is 4.42. The van der Waals surface area contributed by atoms with Crippen LogP contribution in [0.2, 0.25) is 10.0 Å². The van der Waals surface area contributed by atoms with Crippen LogP contribution >= 0.6 is 23.2 Å². The van der Waals surface area contributed by atoms with E-state index in [9.17, 15) is 22.8 Å². The van der Waals surface area contributed by atoms with E-state index in [1.807, 2.05) is 12.2 Å². The van der Waals surface area contributed by atoms with E-state index in [0.717, 1.165) is 17.7 Å². The summed E-state index contributed by atoms with van der Waals surface area (Å²) < 4.78 is 49.4. The van der Waals surface area contributed by atoms with Crippen LogP contribution in [0.4, 0.5) is 18.9 Å². The average Bonchev–Trinajstić information content (AvgIpc) is 2.65. The molecular weight excluding hydrogens is 446 g/mol. The van der Waals surface area contributed by atoms with E-state index >= 15 is 0 Å². The lowest BCUT2D eigenvalue weighted by Crippen LogP contribution is -2.23. The third kappa shape index (κ3) is 7.11. The summed E-state index contributed by atoms with van der Waals surface area (Å²) in [6, 6.07) is 8.25. The molecule has 0 spiro atoms. The molecule has 0 aliphatic carbocycles. The van der Waals surface area contributed by atoms with Crippen LogP contribution in [0.25, 0.3) is 0 Å². The molecule has 0 saturated carbocycles. The zero-order valence-electron chi connectivity index (χ0n) is 15.8. The highest BCUT2D eigenvalue weighted by molar-refractivity contribution is 6.34. The van der Waals surface area contributed by atoms with Gasteiger partial charge in [-0.1, -0.05) is 29.3 Å².